The van der Waals surface area contributed by atoms with Crippen LogP contribution in [0.1, 0.15) is 15.9 Å². The monoisotopic (exact) mass is 345 g/mol. The zero-order valence-corrected chi connectivity index (χ0v) is 11.7. The van der Waals surface area contributed by atoms with E-state index in [1.54, 1.807) is 0 Å². The Bertz CT molecular complexity index is 676. The minimum absolute atomic E-state index is 0.0739. The molecule has 0 aliphatic carbocycles. The van der Waals surface area contributed by atoms with Gasteiger partial charge >= 0.3 is 0 Å². The first-order valence-electron chi connectivity index (χ1n) is 5.15. The number of hydrogen-bond donors (Lipinski definition) is 1. The number of carbonyl (C=O) groups excluding carboxylic acids is 1. The van der Waals surface area contributed by atoms with Crippen LogP contribution in [0, 0.1) is 11.6 Å². The Morgan fingerprint density at radius 3 is 2.53 bits per heavy atom. The van der Waals surface area contributed by atoms with Crippen molar-refractivity contribution in [3.8, 4) is 0 Å². The van der Waals surface area contributed by atoms with E-state index in [1.165, 1.54) is 18.2 Å². The predicted octanol–water partition coefficient (Wildman–Crippen LogP) is 4.19. The van der Waals surface area contributed by atoms with Crippen LogP contribution in [0.3, 0.4) is 0 Å². The molecule has 98 valence electrons. The van der Waals surface area contributed by atoms with Crippen LogP contribution in [0.15, 0.2) is 34.8 Å². The quantitative estimate of drug-likeness (QED) is 0.503. The molecule has 2 aromatic rings. The van der Waals surface area contributed by atoms with Crippen molar-refractivity contribution in [3.63, 3.8) is 0 Å². The number of carbonyl (C=O) groups is 1. The number of nitrogen functional groups attached to an aromatic ring is 1. The van der Waals surface area contributed by atoms with Gasteiger partial charge in [0.25, 0.3) is 0 Å². The second-order valence-electron chi connectivity index (χ2n) is 3.78. The maximum Gasteiger partial charge on any atom is 0.198 e. The SMILES string of the molecule is Nc1ccc(F)cc1C(=O)c1ccc(Br)c(Cl)c1F. The summed E-state index contributed by atoms with van der Waals surface area (Å²) in [5.41, 5.74) is 5.31. The van der Waals surface area contributed by atoms with Crippen molar-refractivity contribution in [2.75, 3.05) is 5.73 Å². The average molecular weight is 347 g/mol. The van der Waals surface area contributed by atoms with E-state index < -0.39 is 17.4 Å². The molecule has 0 aromatic heterocycles. The first kappa shape index (κ1) is 14.0. The van der Waals surface area contributed by atoms with Crippen LogP contribution in [0.25, 0.3) is 0 Å². The molecule has 2 rings (SSSR count). The van der Waals surface area contributed by atoms with Crippen LogP contribution in [0.2, 0.25) is 5.02 Å². The zero-order chi connectivity index (χ0) is 14.2. The predicted molar refractivity (Wildman–Crippen MR) is 73.4 cm³/mol. The molecular formula is C13H7BrClF2NO. The molecule has 2 nitrogen and oxygen atoms in total. The summed E-state index contributed by atoms with van der Waals surface area (Å²) in [5.74, 6) is -2.21. The van der Waals surface area contributed by atoms with Crippen LogP contribution in [0.4, 0.5) is 14.5 Å². The highest BCUT2D eigenvalue weighted by molar-refractivity contribution is 9.10. The van der Waals surface area contributed by atoms with Crippen LogP contribution in [0.5, 0.6) is 0 Å². The minimum atomic E-state index is -0.871. The van der Waals surface area contributed by atoms with Crippen LogP contribution in [-0.2, 0) is 0 Å². The van der Waals surface area contributed by atoms with Gasteiger partial charge in [-0.25, -0.2) is 8.78 Å². The van der Waals surface area contributed by atoms with Gasteiger partial charge in [-0.1, -0.05) is 11.6 Å². The van der Waals surface area contributed by atoms with Gasteiger partial charge in [-0.05, 0) is 46.3 Å². The number of ketones is 1. The Kier molecular flexibility index (Phi) is 3.87. The number of rotatable bonds is 2. The van der Waals surface area contributed by atoms with Gasteiger partial charge in [0, 0.05) is 15.7 Å². The van der Waals surface area contributed by atoms with Gasteiger partial charge in [0.15, 0.2) is 11.6 Å². The Morgan fingerprint density at radius 2 is 1.84 bits per heavy atom. The molecule has 19 heavy (non-hydrogen) atoms. The van der Waals surface area contributed by atoms with Crippen molar-refractivity contribution >= 4 is 39.0 Å². The van der Waals surface area contributed by atoms with E-state index in [1.807, 2.05) is 0 Å². The third kappa shape index (κ3) is 2.62. The van der Waals surface area contributed by atoms with E-state index in [4.69, 9.17) is 17.3 Å². The van der Waals surface area contributed by atoms with Crippen molar-refractivity contribution in [1.29, 1.82) is 0 Å². The largest absolute Gasteiger partial charge is 0.398 e. The van der Waals surface area contributed by atoms with Crippen LogP contribution in [-0.4, -0.2) is 5.78 Å². The molecule has 0 aliphatic heterocycles. The molecule has 0 bridgehead atoms. The molecule has 0 atom stereocenters. The van der Waals surface area contributed by atoms with E-state index in [-0.39, 0.29) is 21.8 Å². The highest BCUT2D eigenvalue weighted by Gasteiger charge is 2.20. The van der Waals surface area contributed by atoms with Crippen molar-refractivity contribution in [2.45, 2.75) is 0 Å². The first-order valence-corrected chi connectivity index (χ1v) is 6.32. The fourth-order valence-electron chi connectivity index (χ4n) is 1.57. The summed E-state index contributed by atoms with van der Waals surface area (Å²) in [7, 11) is 0. The fraction of sp³-hybridized carbons (Fsp3) is 0. The second kappa shape index (κ2) is 5.27. The van der Waals surface area contributed by atoms with Gasteiger partial charge in [0.05, 0.1) is 10.6 Å². The van der Waals surface area contributed by atoms with Gasteiger partial charge in [-0.15, -0.1) is 0 Å². The summed E-state index contributed by atoms with van der Waals surface area (Å²) in [5, 5.41) is -0.208. The maximum absolute atomic E-state index is 13.9. The highest BCUT2D eigenvalue weighted by Crippen LogP contribution is 2.29. The average Bonchev–Trinajstić information content (AvgIpc) is 2.38. The normalized spacial score (nSPS) is 10.5. The van der Waals surface area contributed by atoms with E-state index >= 15 is 0 Å². The lowest BCUT2D eigenvalue weighted by Crippen LogP contribution is -2.08. The van der Waals surface area contributed by atoms with Gasteiger partial charge < -0.3 is 5.73 Å². The second-order valence-corrected chi connectivity index (χ2v) is 5.02. The van der Waals surface area contributed by atoms with Crippen molar-refractivity contribution in [1.82, 2.24) is 0 Å². The Labute approximate surface area is 121 Å². The Hall–Kier alpha value is -1.46. The molecule has 6 heteroatoms. The molecule has 0 radical (unpaired) electrons. The van der Waals surface area contributed by atoms with Gasteiger partial charge in [0.2, 0.25) is 0 Å². The Morgan fingerprint density at radius 1 is 1.16 bits per heavy atom. The van der Waals surface area contributed by atoms with Crippen molar-refractivity contribution in [3.05, 3.63) is 62.6 Å². The zero-order valence-electron chi connectivity index (χ0n) is 9.38. The van der Waals surface area contributed by atoms with E-state index in [0.29, 0.717) is 4.47 Å². The fourth-order valence-corrected chi connectivity index (χ4v) is 2.04. The molecule has 0 aliphatic rings. The molecule has 0 amide bonds. The number of benzene rings is 2. The summed E-state index contributed by atoms with van der Waals surface area (Å²) in [6.45, 7) is 0. The maximum atomic E-state index is 13.9. The Balaban J connectivity index is 2.56. The molecule has 0 unspecified atom stereocenters. The van der Waals surface area contributed by atoms with E-state index in [2.05, 4.69) is 15.9 Å². The lowest BCUT2D eigenvalue weighted by atomic mass is 10.0. The molecule has 0 saturated heterocycles. The summed E-state index contributed by atoms with van der Waals surface area (Å²) >= 11 is 8.75. The topological polar surface area (TPSA) is 43.1 Å². The van der Waals surface area contributed by atoms with Crippen LogP contribution < -0.4 is 5.73 Å². The van der Waals surface area contributed by atoms with Gasteiger partial charge in [-0.2, -0.15) is 0 Å². The van der Waals surface area contributed by atoms with Gasteiger partial charge in [0.1, 0.15) is 5.82 Å². The highest BCUT2D eigenvalue weighted by atomic mass is 79.9. The van der Waals surface area contributed by atoms with E-state index in [0.717, 1.165) is 12.1 Å². The molecule has 0 saturated carbocycles. The third-order valence-electron chi connectivity index (χ3n) is 2.54. The molecule has 0 spiro atoms. The molecule has 0 heterocycles. The summed E-state index contributed by atoms with van der Waals surface area (Å²) in [4.78, 5) is 12.1. The number of anilines is 1. The van der Waals surface area contributed by atoms with Gasteiger partial charge in [-0.3, -0.25) is 4.79 Å². The smallest absolute Gasteiger partial charge is 0.198 e. The minimum Gasteiger partial charge on any atom is -0.398 e. The lowest BCUT2D eigenvalue weighted by Gasteiger charge is -2.08. The molecule has 2 N–H and O–H groups in total. The summed E-state index contributed by atoms with van der Waals surface area (Å²) in [6.07, 6.45) is 0. The van der Waals surface area contributed by atoms with Crippen molar-refractivity contribution in [2.24, 2.45) is 0 Å². The lowest BCUT2D eigenvalue weighted by molar-refractivity contribution is 0.103. The molecule has 0 fully saturated rings. The summed E-state index contributed by atoms with van der Waals surface area (Å²) < 4.78 is 27.4. The number of hydrogen-bond acceptors (Lipinski definition) is 2. The number of halogens is 4. The molecular weight excluding hydrogens is 340 g/mol. The van der Waals surface area contributed by atoms with Crippen LogP contribution >= 0.6 is 27.5 Å². The van der Waals surface area contributed by atoms with Crippen molar-refractivity contribution < 1.29 is 13.6 Å². The van der Waals surface area contributed by atoms with E-state index in [9.17, 15) is 13.6 Å². The summed E-state index contributed by atoms with van der Waals surface area (Å²) in [6, 6.07) is 6.04. The standard InChI is InChI=1S/C13H7BrClF2NO/c14-9-3-2-7(12(17)11(9)15)13(19)8-5-6(16)1-4-10(8)18/h1-5H,18H2. The molecule has 2 aromatic carbocycles. The third-order valence-corrected chi connectivity index (χ3v) is 3.80. The first-order chi connectivity index (χ1) is 8.91. The number of nitrogens with two attached hydrogens (primary N) is 1.